The molecule has 0 amide bonds. The number of aromatic nitrogens is 2. The molecule has 2 N–H and O–H groups in total. The van der Waals surface area contributed by atoms with Crippen molar-refractivity contribution in [1.29, 1.82) is 0 Å². The molecule has 2 aromatic rings. The van der Waals surface area contributed by atoms with Crippen molar-refractivity contribution in [2.24, 2.45) is 5.73 Å². The first-order valence-electron chi connectivity index (χ1n) is 5.75. The molecule has 0 unspecified atom stereocenters. The zero-order valence-electron chi connectivity index (χ0n) is 9.44. The predicted octanol–water partition coefficient (Wildman–Crippen LogP) is 2.56. The van der Waals surface area contributed by atoms with E-state index in [2.05, 4.69) is 5.10 Å². The van der Waals surface area contributed by atoms with E-state index in [-0.39, 0.29) is 5.54 Å². The van der Waals surface area contributed by atoms with Gasteiger partial charge in [-0.25, -0.2) is 4.68 Å². The van der Waals surface area contributed by atoms with Crippen molar-refractivity contribution >= 4 is 11.6 Å². The number of nitrogens with two attached hydrogens (primary N) is 1. The Balaban J connectivity index is 1.98. The van der Waals surface area contributed by atoms with Crippen LogP contribution in [0, 0.1) is 0 Å². The molecular formula is C13H14ClN3. The molecule has 1 aliphatic rings. The zero-order valence-corrected chi connectivity index (χ0v) is 10.2. The van der Waals surface area contributed by atoms with E-state index >= 15 is 0 Å². The highest BCUT2D eigenvalue weighted by atomic mass is 35.5. The van der Waals surface area contributed by atoms with Crippen LogP contribution >= 0.6 is 11.6 Å². The monoisotopic (exact) mass is 247 g/mol. The van der Waals surface area contributed by atoms with Gasteiger partial charge in [-0.1, -0.05) is 23.7 Å². The normalized spacial score (nSPS) is 17.1. The van der Waals surface area contributed by atoms with E-state index in [0.29, 0.717) is 5.02 Å². The number of hydrogen-bond donors (Lipinski definition) is 1. The summed E-state index contributed by atoms with van der Waals surface area (Å²) in [6, 6.07) is 9.73. The summed E-state index contributed by atoms with van der Waals surface area (Å²) < 4.78 is 1.88. The van der Waals surface area contributed by atoms with E-state index < -0.39 is 0 Å². The topological polar surface area (TPSA) is 43.8 Å². The minimum absolute atomic E-state index is 0.0148. The number of nitrogens with zero attached hydrogens (tertiary/aromatic N) is 2. The second kappa shape index (κ2) is 3.86. The van der Waals surface area contributed by atoms with E-state index in [1.807, 2.05) is 35.0 Å². The minimum Gasteiger partial charge on any atom is -0.325 e. The third kappa shape index (κ3) is 2.08. The Morgan fingerprint density at radius 3 is 2.76 bits per heavy atom. The lowest BCUT2D eigenvalue weighted by atomic mass is 10.1. The highest BCUT2D eigenvalue weighted by Gasteiger charge is 2.39. The van der Waals surface area contributed by atoms with Crippen LogP contribution in [-0.4, -0.2) is 15.3 Å². The fourth-order valence-electron chi connectivity index (χ4n) is 2.00. The van der Waals surface area contributed by atoms with Crippen molar-refractivity contribution in [3.8, 4) is 5.69 Å². The predicted molar refractivity (Wildman–Crippen MR) is 68.4 cm³/mol. The van der Waals surface area contributed by atoms with Crippen molar-refractivity contribution in [2.45, 2.75) is 24.8 Å². The average molecular weight is 248 g/mol. The molecule has 1 fully saturated rings. The molecular weight excluding hydrogens is 234 g/mol. The molecule has 3 nitrogen and oxygen atoms in total. The Bertz CT molecular complexity index is 543. The maximum absolute atomic E-state index is 6.18. The van der Waals surface area contributed by atoms with Gasteiger partial charge in [0.15, 0.2) is 0 Å². The summed E-state index contributed by atoms with van der Waals surface area (Å²) in [5.74, 6) is 0. The van der Waals surface area contributed by atoms with Gasteiger partial charge < -0.3 is 5.73 Å². The summed E-state index contributed by atoms with van der Waals surface area (Å²) in [4.78, 5) is 0. The van der Waals surface area contributed by atoms with Crippen LogP contribution in [-0.2, 0) is 6.42 Å². The van der Waals surface area contributed by atoms with Crippen molar-refractivity contribution < 1.29 is 0 Å². The van der Waals surface area contributed by atoms with Gasteiger partial charge in [-0.3, -0.25) is 0 Å². The van der Waals surface area contributed by atoms with Crippen LogP contribution in [0.2, 0.25) is 5.02 Å². The fourth-order valence-corrected chi connectivity index (χ4v) is 2.22. The summed E-state index contributed by atoms with van der Waals surface area (Å²) in [6.07, 6.45) is 4.85. The SMILES string of the molecule is NC1(Cc2ccnn2-c2ccccc2Cl)CC1. The van der Waals surface area contributed by atoms with Crippen LogP contribution in [0.3, 0.4) is 0 Å². The number of rotatable bonds is 3. The van der Waals surface area contributed by atoms with Crippen LogP contribution in [0.5, 0.6) is 0 Å². The Kier molecular flexibility index (Phi) is 2.45. The van der Waals surface area contributed by atoms with Crippen molar-refractivity contribution in [3.05, 3.63) is 47.2 Å². The third-order valence-corrected chi connectivity index (χ3v) is 3.55. The van der Waals surface area contributed by atoms with Gasteiger partial charge >= 0.3 is 0 Å². The molecule has 3 rings (SSSR count). The van der Waals surface area contributed by atoms with Crippen molar-refractivity contribution in [1.82, 2.24) is 9.78 Å². The molecule has 0 saturated heterocycles. The van der Waals surface area contributed by atoms with Crippen LogP contribution in [0.25, 0.3) is 5.69 Å². The molecule has 0 spiro atoms. The summed E-state index contributed by atoms with van der Waals surface area (Å²) in [7, 11) is 0. The first-order valence-corrected chi connectivity index (χ1v) is 6.12. The Labute approximate surface area is 105 Å². The molecule has 0 radical (unpaired) electrons. The second-order valence-electron chi connectivity index (χ2n) is 4.72. The number of para-hydroxylation sites is 1. The molecule has 1 saturated carbocycles. The molecule has 0 atom stereocenters. The molecule has 88 valence electrons. The zero-order chi connectivity index (χ0) is 11.9. The van der Waals surface area contributed by atoms with Crippen molar-refractivity contribution in [2.75, 3.05) is 0 Å². The molecule has 4 heteroatoms. The van der Waals surface area contributed by atoms with E-state index in [9.17, 15) is 0 Å². The van der Waals surface area contributed by atoms with Crippen LogP contribution in [0.1, 0.15) is 18.5 Å². The lowest BCUT2D eigenvalue weighted by Gasteiger charge is -2.12. The Hall–Kier alpha value is -1.32. The van der Waals surface area contributed by atoms with Crippen LogP contribution < -0.4 is 5.73 Å². The number of benzene rings is 1. The molecule has 1 aromatic carbocycles. The number of hydrogen-bond acceptors (Lipinski definition) is 2. The fraction of sp³-hybridized carbons (Fsp3) is 0.308. The van der Waals surface area contributed by atoms with Gasteiger partial charge in [-0.2, -0.15) is 5.10 Å². The molecule has 1 aliphatic carbocycles. The highest BCUT2D eigenvalue weighted by molar-refractivity contribution is 6.32. The minimum atomic E-state index is -0.0148. The van der Waals surface area contributed by atoms with Gasteiger partial charge in [-0.05, 0) is 31.0 Å². The quantitative estimate of drug-likeness (QED) is 0.906. The highest BCUT2D eigenvalue weighted by Crippen LogP contribution is 2.36. The lowest BCUT2D eigenvalue weighted by Crippen LogP contribution is -2.26. The van der Waals surface area contributed by atoms with Crippen molar-refractivity contribution in [3.63, 3.8) is 0 Å². The maximum atomic E-state index is 6.18. The summed E-state index contributed by atoms with van der Waals surface area (Å²) in [6.45, 7) is 0. The summed E-state index contributed by atoms with van der Waals surface area (Å²) in [5.41, 5.74) is 8.17. The van der Waals surface area contributed by atoms with E-state index in [1.54, 1.807) is 6.20 Å². The standard InChI is InChI=1S/C13H14ClN3/c14-11-3-1-2-4-12(11)17-10(5-8-16-17)9-13(15)6-7-13/h1-5,8H,6-7,9,15H2. The van der Waals surface area contributed by atoms with Gasteiger partial charge in [0.1, 0.15) is 0 Å². The molecule has 17 heavy (non-hydrogen) atoms. The number of halogens is 1. The second-order valence-corrected chi connectivity index (χ2v) is 5.13. The molecule has 0 bridgehead atoms. The van der Waals surface area contributed by atoms with E-state index in [0.717, 1.165) is 30.6 Å². The third-order valence-electron chi connectivity index (χ3n) is 3.23. The largest absolute Gasteiger partial charge is 0.325 e. The Morgan fingerprint density at radius 1 is 1.29 bits per heavy atom. The van der Waals surface area contributed by atoms with Gasteiger partial charge in [0.2, 0.25) is 0 Å². The summed E-state index contributed by atoms with van der Waals surface area (Å²) >= 11 is 6.18. The maximum Gasteiger partial charge on any atom is 0.0834 e. The van der Waals surface area contributed by atoms with E-state index in [1.165, 1.54) is 0 Å². The summed E-state index contributed by atoms with van der Waals surface area (Å²) in [5, 5.41) is 5.04. The van der Waals surface area contributed by atoms with Crippen LogP contribution in [0.4, 0.5) is 0 Å². The van der Waals surface area contributed by atoms with Gasteiger partial charge in [0, 0.05) is 23.9 Å². The lowest BCUT2D eigenvalue weighted by molar-refractivity contribution is 0.637. The molecule has 0 aliphatic heterocycles. The smallest absolute Gasteiger partial charge is 0.0834 e. The Morgan fingerprint density at radius 2 is 2.06 bits per heavy atom. The first-order chi connectivity index (χ1) is 8.18. The molecule has 1 aromatic heterocycles. The van der Waals surface area contributed by atoms with Gasteiger partial charge in [-0.15, -0.1) is 0 Å². The van der Waals surface area contributed by atoms with Crippen LogP contribution in [0.15, 0.2) is 36.5 Å². The first kappa shape index (κ1) is 10.8. The molecule has 1 heterocycles. The average Bonchev–Trinajstić information content (AvgIpc) is 2.87. The van der Waals surface area contributed by atoms with Gasteiger partial charge in [0.05, 0.1) is 10.7 Å². The van der Waals surface area contributed by atoms with E-state index in [4.69, 9.17) is 17.3 Å². The van der Waals surface area contributed by atoms with Gasteiger partial charge in [0.25, 0.3) is 0 Å².